The molecule has 0 heterocycles. The topological polar surface area (TPSA) is 69.6 Å². The SMILES string of the molecule is CCC(C)N(C)C(=O)NCCC(CCC(=O)O)C(C)(C)C. The predicted octanol–water partition coefficient (Wildman–Crippen LogP) is 3.34. The van der Waals surface area contributed by atoms with Gasteiger partial charge in [0.2, 0.25) is 0 Å². The van der Waals surface area contributed by atoms with E-state index in [1.807, 2.05) is 6.92 Å². The van der Waals surface area contributed by atoms with Crippen LogP contribution in [0.5, 0.6) is 0 Å². The second-order valence-electron chi connectivity index (χ2n) is 6.88. The standard InChI is InChI=1S/C16H32N2O3/c1-7-12(2)18(6)15(21)17-11-10-13(16(3,4)5)8-9-14(19)20/h12-13H,7-11H2,1-6H3,(H,17,21)(H,19,20). The Morgan fingerprint density at radius 2 is 1.81 bits per heavy atom. The lowest BCUT2D eigenvalue weighted by atomic mass is 9.76. The molecule has 0 aliphatic rings. The molecule has 2 unspecified atom stereocenters. The number of carbonyl (C=O) groups excluding carboxylic acids is 1. The van der Waals surface area contributed by atoms with Crippen LogP contribution < -0.4 is 5.32 Å². The first kappa shape index (κ1) is 19.7. The monoisotopic (exact) mass is 300 g/mol. The first-order valence-electron chi connectivity index (χ1n) is 7.82. The average molecular weight is 300 g/mol. The van der Waals surface area contributed by atoms with E-state index < -0.39 is 5.97 Å². The Bertz CT molecular complexity index is 337. The van der Waals surface area contributed by atoms with Crippen molar-refractivity contribution in [3.8, 4) is 0 Å². The molecule has 0 aromatic carbocycles. The largest absolute Gasteiger partial charge is 0.481 e. The van der Waals surface area contributed by atoms with Gasteiger partial charge in [-0.3, -0.25) is 4.79 Å². The zero-order chi connectivity index (χ0) is 16.6. The summed E-state index contributed by atoms with van der Waals surface area (Å²) in [7, 11) is 1.80. The Labute approximate surface area is 129 Å². The molecule has 0 saturated carbocycles. The number of rotatable bonds is 8. The molecule has 0 spiro atoms. The maximum Gasteiger partial charge on any atom is 0.317 e. The van der Waals surface area contributed by atoms with Crippen molar-refractivity contribution in [3.05, 3.63) is 0 Å². The van der Waals surface area contributed by atoms with E-state index in [4.69, 9.17) is 5.11 Å². The van der Waals surface area contributed by atoms with Crippen molar-refractivity contribution in [1.29, 1.82) is 0 Å². The van der Waals surface area contributed by atoms with Crippen LogP contribution in [0.3, 0.4) is 0 Å². The van der Waals surface area contributed by atoms with E-state index in [-0.39, 0.29) is 29.8 Å². The number of carboxylic acids is 1. The van der Waals surface area contributed by atoms with Gasteiger partial charge in [-0.25, -0.2) is 4.79 Å². The number of nitrogens with one attached hydrogen (secondary N) is 1. The summed E-state index contributed by atoms with van der Waals surface area (Å²) >= 11 is 0. The van der Waals surface area contributed by atoms with E-state index in [9.17, 15) is 9.59 Å². The van der Waals surface area contributed by atoms with Gasteiger partial charge in [-0.15, -0.1) is 0 Å². The molecule has 5 heteroatoms. The summed E-state index contributed by atoms with van der Waals surface area (Å²) in [6, 6.07) is 0.158. The third kappa shape index (κ3) is 7.93. The highest BCUT2D eigenvalue weighted by molar-refractivity contribution is 5.74. The highest BCUT2D eigenvalue weighted by Crippen LogP contribution is 2.32. The van der Waals surface area contributed by atoms with Gasteiger partial charge >= 0.3 is 12.0 Å². The van der Waals surface area contributed by atoms with Gasteiger partial charge in [-0.1, -0.05) is 27.7 Å². The molecular formula is C16H32N2O3. The third-order valence-electron chi connectivity index (χ3n) is 4.27. The lowest BCUT2D eigenvalue weighted by Gasteiger charge is -2.31. The Morgan fingerprint density at radius 3 is 2.24 bits per heavy atom. The lowest BCUT2D eigenvalue weighted by molar-refractivity contribution is -0.137. The summed E-state index contributed by atoms with van der Waals surface area (Å²) in [4.78, 5) is 24.4. The predicted molar refractivity (Wildman–Crippen MR) is 85.3 cm³/mol. The number of carbonyl (C=O) groups is 2. The Balaban J connectivity index is 4.31. The summed E-state index contributed by atoms with van der Waals surface area (Å²) in [5.41, 5.74) is 0.0444. The summed E-state index contributed by atoms with van der Waals surface area (Å²) in [6.45, 7) is 11.0. The van der Waals surface area contributed by atoms with Crippen molar-refractivity contribution >= 4 is 12.0 Å². The van der Waals surface area contributed by atoms with Crippen molar-refractivity contribution in [3.63, 3.8) is 0 Å². The number of nitrogens with zero attached hydrogens (tertiary/aromatic N) is 1. The van der Waals surface area contributed by atoms with Crippen molar-refractivity contribution < 1.29 is 14.7 Å². The Morgan fingerprint density at radius 1 is 1.24 bits per heavy atom. The minimum atomic E-state index is -0.759. The molecule has 0 radical (unpaired) electrons. The van der Waals surface area contributed by atoms with Crippen LogP contribution in [0.15, 0.2) is 0 Å². The molecule has 0 bridgehead atoms. The zero-order valence-electron chi connectivity index (χ0n) is 14.4. The first-order valence-corrected chi connectivity index (χ1v) is 7.82. The first-order chi connectivity index (χ1) is 9.59. The van der Waals surface area contributed by atoms with E-state index in [1.54, 1.807) is 11.9 Å². The van der Waals surface area contributed by atoms with Gasteiger partial charge in [-0.2, -0.15) is 0 Å². The van der Waals surface area contributed by atoms with Gasteiger partial charge in [0.05, 0.1) is 0 Å². The number of aliphatic carboxylic acids is 1. The fraction of sp³-hybridized carbons (Fsp3) is 0.875. The highest BCUT2D eigenvalue weighted by atomic mass is 16.4. The second-order valence-corrected chi connectivity index (χ2v) is 6.88. The number of amides is 2. The van der Waals surface area contributed by atoms with Crippen LogP contribution in [0.4, 0.5) is 4.79 Å². The summed E-state index contributed by atoms with van der Waals surface area (Å²) < 4.78 is 0. The van der Waals surface area contributed by atoms with Crippen molar-refractivity contribution in [1.82, 2.24) is 10.2 Å². The van der Waals surface area contributed by atoms with Gasteiger partial charge in [-0.05, 0) is 37.5 Å². The van der Waals surface area contributed by atoms with E-state index in [0.29, 0.717) is 13.0 Å². The molecule has 5 nitrogen and oxygen atoms in total. The third-order valence-corrected chi connectivity index (χ3v) is 4.27. The van der Waals surface area contributed by atoms with Crippen LogP contribution in [0, 0.1) is 11.3 Å². The molecule has 21 heavy (non-hydrogen) atoms. The fourth-order valence-corrected chi connectivity index (χ4v) is 2.26. The van der Waals surface area contributed by atoms with Gasteiger partial charge < -0.3 is 15.3 Å². The molecule has 0 aliphatic carbocycles. The average Bonchev–Trinajstić information content (AvgIpc) is 2.38. The zero-order valence-corrected chi connectivity index (χ0v) is 14.4. The second kappa shape index (κ2) is 8.90. The molecule has 0 rings (SSSR count). The molecule has 0 aromatic heterocycles. The molecule has 0 aromatic rings. The van der Waals surface area contributed by atoms with Crippen LogP contribution in [-0.4, -0.2) is 41.6 Å². The number of hydrogen-bond donors (Lipinski definition) is 2. The summed E-state index contributed by atoms with van der Waals surface area (Å²) in [6.07, 6.45) is 2.56. The Hall–Kier alpha value is -1.26. The van der Waals surface area contributed by atoms with Gasteiger partial charge in [0, 0.05) is 26.1 Å². The molecule has 2 atom stereocenters. The fourth-order valence-electron chi connectivity index (χ4n) is 2.26. The van der Waals surface area contributed by atoms with Crippen molar-refractivity contribution in [2.75, 3.05) is 13.6 Å². The lowest BCUT2D eigenvalue weighted by Crippen LogP contribution is -2.43. The molecule has 2 amide bonds. The molecule has 2 N–H and O–H groups in total. The van der Waals surface area contributed by atoms with Crippen molar-refractivity contribution in [2.45, 2.75) is 66.3 Å². The van der Waals surface area contributed by atoms with E-state index in [2.05, 4.69) is 33.0 Å². The molecule has 0 aliphatic heterocycles. The minimum absolute atomic E-state index is 0.0444. The molecular weight excluding hydrogens is 268 g/mol. The van der Waals surface area contributed by atoms with Crippen LogP contribution in [0.1, 0.15) is 60.3 Å². The van der Waals surface area contributed by atoms with Crippen LogP contribution in [-0.2, 0) is 4.79 Å². The smallest absolute Gasteiger partial charge is 0.317 e. The molecule has 124 valence electrons. The van der Waals surface area contributed by atoms with Gasteiger partial charge in [0.25, 0.3) is 0 Å². The van der Waals surface area contributed by atoms with Crippen LogP contribution in [0.25, 0.3) is 0 Å². The van der Waals surface area contributed by atoms with E-state index in [1.165, 1.54) is 0 Å². The number of urea groups is 1. The highest BCUT2D eigenvalue weighted by Gasteiger charge is 2.25. The normalized spacial score (nSPS) is 14.4. The number of carboxylic acid groups (broad SMARTS) is 1. The molecule has 0 fully saturated rings. The maximum absolute atomic E-state index is 12.0. The van der Waals surface area contributed by atoms with Crippen LogP contribution >= 0.6 is 0 Å². The van der Waals surface area contributed by atoms with E-state index >= 15 is 0 Å². The number of hydrogen-bond acceptors (Lipinski definition) is 2. The maximum atomic E-state index is 12.0. The quantitative estimate of drug-likeness (QED) is 0.722. The summed E-state index contributed by atoms with van der Waals surface area (Å²) in [5, 5.41) is 11.8. The van der Waals surface area contributed by atoms with Gasteiger partial charge in [0.1, 0.15) is 0 Å². The van der Waals surface area contributed by atoms with Gasteiger partial charge in [0.15, 0.2) is 0 Å². The van der Waals surface area contributed by atoms with Crippen molar-refractivity contribution in [2.24, 2.45) is 11.3 Å². The van der Waals surface area contributed by atoms with Crippen LogP contribution in [0.2, 0.25) is 0 Å². The van der Waals surface area contributed by atoms with E-state index in [0.717, 1.165) is 12.8 Å². The summed E-state index contributed by atoms with van der Waals surface area (Å²) in [5.74, 6) is -0.479. The molecule has 0 saturated heterocycles. The minimum Gasteiger partial charge on any atom is -0.481 e. The Kier molecular flexibility index (Phi) is 8.37.